The fourth-order valence-corrected chi connectivity index (χ4v) is 1.73. The molecule has 0 radical (unpaired) electrons. The summed E-state index contributed by atoms with van der Waals surface area (Å²) in [6, 6.07) is 7.25. The quantitative estimate of drug-likeness (QED) is 0.400. The van der Waals surface area contributed by atoms with Gasteiger partial charge in [0.25, 0.3) is 0 Å². The standard InChI is InChI=1S/C12H18ClN5S2/c1-18(2)8-7-14-11(19)16-17-12(20)15-10-5-3-9(13)4-6-10/h3-6H,7-8H2,1-2H3,(H2,14,16,19)(H2,15,17,20)/p+1. The van der Waals surface area contributed by atoms with E-state index in [1.54, 1.807) is 12.1 Å². The average Bonchev–Trinajstić information content (AvgIpc) is 2.39. The number of anilines is 1. The van der Waals surface area contributed by atoms with E-state index in [2.05, 4.69) is 35.6 Å². The summed E-state index contributed by atoms with van der Waals surface area (Å²) < 4.78 is 0. The van der Waals surface area contributed by atoms with Crippen molar-refractivity contribution >= 4 is 51.9 Å². The van der Waals surface area contributed by atoms with Gasteiger partial charge in [0, 0.05) is 10.7 Å². The average molecular weight is 333 g/mol. The van der Waals surface area contributed by atoms with E-state index in [0.29, 0.717) is 15.2 Å². The molecule has 0 aliphatic rings. The maximum Gasteiger partial charge on any atom is 0.189 e. The molecule has 1 aromatic rings. The molecule has 20 heavy (non-hydrogen) atoms. The van der Waals surface area contributed by atoms with Gasteiger partial charge in [-0.1, -0.05) is 11.6 Å². The molecule has 5 nitrogen and oxygen atoms in total. The molecule has 0 bridgehead atoms. The molecule has 0 amide bonds. The Kier molecular flexibility index (Phi) is 7.53. The second-order valence-electron chi connectivity index (χ2n) is 4.42. The normalized spacial score (nSPS) is 10.0. The number of hydrazine groups is 1. The highest BCUT2D eigenvalue weighted by atomic mass is 35.5. The molecule has 5 N–H and O–H groups in total. The molecule has 0 aliphatic carbocycles. The van der Waals surface area contributed by atoms with E-state index in [1.807, 2.05) is 12.1 Å². The van der Waals surface area contributed by atoms with Gasteiger partial charge in [-0.2, -0.15) is 0 Å². The predicted octanol–water partition coefficient (Wildman–Crippen LogP) is 0.150. The summed E-state index contributed by atoms with van der Waals surface area (Å²) in [5.74, 6) is 0. The van der Waals surface area contributed by atoms with E-state index < -0.39 is 0 Å². The molecule has 0 spiro atoms. The summed E-state index contributed by atoms with van der Waals surface area (Å²) >= 11 is 16.0. The van der Waals surface area contributed by atoms with Crippen molar-refractivity contribution in [2.24, 2.45) is 0 Å². The first-order valence-corrected chi connectivity index (χ1v) is 7.32. The zero-order valence-corrected chi connectivity index (χ0v) is 13.8. The molecule has 1 rings (SSSR count). The Balaban J connectivity index is 2.22. The van der Waals surface area contributed by atoms with Crippen LogP contribution in [0.2, 0.25) is 5.02 Å². The minimum absolute atomic E-state index is 0.426. The summed E-state index contributed by atoms with van der Waals surface area (Å²) in [4.78, 5) is 1.35. The summed E-state index contributed by atoms with van der Waals surface area (Å²) in [5.41, 5.74) is 6.48. The summed E-state index contributed by atoms with van der Waals surface area (Å²) in [5, 5.41) is 7.69. The lowest BCUT2D eigenvalue weighted by molar-refractivity contribution is -0.856. The van der Waals surface area contributed by atoms with Gasteiger partial charge in [0.2, 0.25) is 0 Å². The highest BCUT2D eigenvalue weighted by Crippen LogP contribution is 2.12. The number of hydrogen-bond acceptors (Lipinski definition) is 2. The molecule has 8 heteroatoms. The van der Waals surface area contributed by atoms with Crippen LogP contribution in [0.1, 0.15) is 0 Å². The van der Waals surface area contributed by atoms with Gasteiger partial charge in [-0.05, 0) is 48.7 Å². The molecular formula is C12H19ClN5S2+. The first-order valence-electron chi connectivity index (χ1n) is 6.13. The summed E-state index contributed by atoms with van der Waals surface area (Å²) in [6.45, 7) is 1.78. The Bertz CT molecular complexity index is 450. The molecule has 0 atom stereocenters. The van der Waals surface area contributed by atoms with Crippen molar-refractivity contribution in [2.75, 3.05) is 32.5 Å². The number of likely N-dealkylation sites (N-methyl/N-ethyl adjacent to an activating group) is 1. The Hall–Kier alpha value is -1.15. The van der Waals surface area contributed by atoms with E-state index >= 15 is 0 Å². The van der Waals surface area contributed by atoms with Gasteiger partial charge in [-0.25, -0.2) is 0 Å². The number of quaternary nitrogens is 1. The topological polar surface area (TPSA) is 52.6 Å². The van der Waals surface area contributed by atoms with Crippen LogP contribution < -0.4 is 26.4 Å². The van der Waals surface area contributed by atoms with Gasteiger partial charge >= 0.3 is 0 Å². The maximum absolute atomic E-state index is 5.81. The smallest absolute Gasteiger partial charge is 0.189 e. The summed E-state index contributed by atoms with van der Waals surface area (Å²) in [7, 11) is 4.17. The van der Waals surface area contributed by atoms with Crippen LogP contribution in [0.5, 0.6) is 0 Å². The molecule has 0 aromatic heterocycles. The van der Waals surface area contributed by atoms with Crippen LogP contribution in [0.15, 0.2) is 24.3 Å². The second kappa shape index (κ2) is 8.91. The molecule has 0 aliphatic heterocycles. The van der Waals surface area contributed by atoms with Crippen molar-refractivity contribution in [2.45, 2.75) is 0 Å². The second-order valence-corrected chi connectivity index (χ2v) is 5.68. The Morgan fingerprint density at radius 2 is 1.70 bits per heavy atom. The van der Waals surface area contributed by atoms with E-state index in [9.17, 15) is 0 Å². The first-order chi connectivity index (χ1) is 9.47. The van der Waals surface area contributed by atoms with Gasteiger partial charge in [0.1, 0.15) is 0 Å². The Morgan fingerprint density at radius 3 is 2.30 bits per heavy atom. The number of rotatable bonds is 4. The third-order valence-corrected chi connectivity index (χ3v) is 3.00. The molecule has 110 valence electrons. The lowest BCUT2D eigenvalue weighted by Crippen LogP contribution is -3.06. The predicted molar refractivity (Wildman–Crippen MR) is 92.2 cm³/mol. The zero-order chi connectivity index (χ0) is 15.0. The minimum Gasteiger partial charge on any atom is -0.356 e. The van der Waals surface area contributed by atoms with Crippen molar-refractivity contribution in [1.82, 2.24) is 16.2 Å². The molecule has 0 saturated carbocycles. The molecule has 0 saturated heterocycles. The van der Waals surface area contributed by atoms with Gasteiger partial charge in [-0.3, -0.25) is 10.9 Å². The third-order valence-electron chi connectivity index (χ3n) is 2.30. The minimum atomic E-state index is 0.426. The lowest BCUT2D eigenvalue weighted by atomic mass is 10.3. The van der Waals surface area contributed by atoms with Crippen LogP contribution in [0, 0.1) is 0 Å². The van der Waals surface area contributed by atoms with Crippen LogP contribution in [0.25, 0.3) is 0 Å². The van der Waals surface area contributed by atoms with E-state index in [0.717, 1.165) is 18.8 Å². The fraction of sp³-hybridized carbons (Fsp3) is 0.333. The molecule has 0 fully saturated rings. The van der Waals surface area contributed by atoms with Crippen molar-refractivity contribution in [3.05, 3.63) is 29.3 Å². The number of halogens is 1. The van der Waals surface area contributed by atoms with Crippen molar-refractivity contribution < 1.29 is 4.90 Å². The van der Waals surface area contributed by atoms with E-state index in [-0.39, 0.29) is 0 Å². The number of nitrogens with one attached hydrogen (secondary N) is 5. The fourth-order valence-electron chi connectivity index (χ4n) is 1.28. The van der Waals surface area contributed by atoms with Gasteiger partial charge in [0.15, 0.2) is 10.2 Å². The Morgan fingerprint density at radius 1 is 1.10 bits per heavy atom. The summed E-state index contributed by atoms with van der Waals surface area (Å²) in [6.07, 6.45) is 0. The molecular weight excluding hydrogens is 314 g/mol. The van der Waals surface area contributed by atoms with Crippen LogP contribution in [-0.4, -0.2) is 37.4 Å². The van der Waals surface area contributed by atoms with Crippen LogP contribution in [0.4, 0.5) is 5.69 Å². The first kappa shape index (κ1) is 16.9. The van der Waals surface area contributed by atoms with Gasteiger partial charge < -0.3 is 15.5 Å². The third kappa shape index (κ3) is 7.44. The van der Waals surface area contributed by atoms with Crippen LogP contribution in [0.3, 0.4) is 0 Å². The Labute approximate surface area is 135 Å². The number of thiocarbonyl (C=S) groups is 2. The monoisotopic (exact) mass is 332 g/mol. The lowest BCUT2D eigenvalue weighted by Gasteiger charge is -2.14. The highest BCUT2D eigenvalue weighted by Gasteiger charge is 2.00. The largest absolute Gasteiger partial charge is 0.356 e. The van der Waals surface area contributed by atoms with E-state index in [1.165, 1.54) is 4.90 Å². The highest BCUT2D eigenvalue weighted by molar-refractivity contribution is 7.80. The van der Waals surface area contributed by atoms with Crippen molar-refractivity contribution in [1.29, 1.82) is 0 Å². The molecule has 0 heterocycles. The van der Waals surface area contributed by atoms with Gasteiger partial charge in [-0.15, -0.1) is 0 Å². The molecule has 1 aromatic carbocycles. The van der Waals surface area contributed by atoms with E-state index in [4.69, 9.17) is 36.0 Å². The SMILES string of the molecule is C[NH+](C)CCNC(=S)NNC(=S)Nc1ccc(Cl)cc1. The van der Waals surface area contributed by atoms with Crippen molar-refractivity contribution in [3.8, 4) is 0 Å². The van der Waals surface area contributed by atoms with Crippen LogP contribution in [-0.2, 0) is 0 Å². The zero-order valence-electron chi connectivity index (χ0n) is 11.4. The van der Waals surface area contributed by atoms with Crippen LogP contribution >= 0.6 is 36.0 Å². The van der Waals surface area contributed by atoms with Gasteiger partial charge in [0.05, 0.1) is 27.2 Å². The number of benzene rings is 1. The molecule has 0 unspecified atom stereocenters. The van der Waals surface area contributed by atoms with Crippen molar-refractivity contribution in [3.63, 3.8) is 0 Å². The number of hydrogen-bond donors (Lipinski definition) is 5. The maximum atomic E-state index is 5.81.